The Labute approximate surface area is 141 Å². The lowest BCUT2D eigenvalue weighted by molar-refractivity contribution is -0.146. The maximum atomic E-state index is 11.7. The summed E-state index contributed by atoms with van der Waals surface area (Å²) in [6.07, 6.45) is 12.9. The monoisotopic (exact) mass is 335 g/mol. The summed E-state index contributed by atoms with van der Waals surface area (Å²) >= 11 is 0. The second-order valence-corrected chi connectivity index (χ2v) is 6.20. The van der Waals surface area contributed by atoms with Crippen LogP contribution in [-0.2, 0) is 9.53 Å². The minimum absolute atomic E-state index is 0. The number of esters is 1. The molecule has 1 heterocycles. The molecular formula is C17H34ClNO3. The molecule has 0 aliphatic carbocycles. The van der Waals surface area contributed by atoms with Crippen molar-refractivity contribution in [3.63, 3.8) is 0 Å². The van der Waals surface area contributed by atoms with Crippen molar-refractivity contribution in [3.8, 4) is 0 Å². The van der Waals surface area contributed by atoms with E-state index in [0.717, 1.165) is 12.8 Å². The minimum Gasteiger partial charge on any atom is -0.465 e. The second-order valence-electron chi connectivity index (χ2n) is 6.20. The van der Waals surface area contributed by atoms with Gasteiger partial charge < -0.3 is 15.2 Å². The van der Waals surface area contributed by atoms with E-state index in [1.807, 2.05) is 0 Å². The molecule has 0 bridgehead atoms. The van der Waals surface area contributed by atoms with Crippen molar-refractivity contribution in [3.05, 3.63) is 0 Å². The fraction of sp³-hybridized carbons (Fsp3) is 0.941. The Morgan fingerprint density at radius 1 is 1.05 bits per heavy atom. The van der Waals surface area contributed by atoms with Gasteiger partial charge in [-0.1, -0.05) is 64.7 Å². The quantitative estimate of drug-likeness (QED) is 0.422. The third-order valence-corrected chi connectivity index (χ3v) is 4.13. The van der Waals surface area contributed by atoms with E-state index in [9.17, 15) is 9.90 Å². The van der Waals surface area contributed by atoms with Crippen LogP contribution in [0.2, 0.25) is 0 Å². The summed E-state index contributed by atoms with van der Waals surface area (Å²) in [4.78, 5) is 11.7. The molecule has 0 aromatic heterocycles. The molecule has 0 spiro atoms. The van der Waals surface area contributed by atoms with E-state index in [1.54, 1.807) is 0 Å². The molecular weight excluding hydrogens is 302 g/mol. The lowest BCUT2D eigenvalue weighted by atomic mass is 10.1. The molecule has 0 saturated carbocycles. The molecule has 5 heteroatoms. The summed E-state index contributed by atoms with van der Waals surface area (Å²) in [7, 11) is 0. The van der Waals surface area contributed by atoms with Crippen LogP contribution in [0.15, 0.2) is 0 Å². The number of aliphatic hydroxyl groups is 1. The molecule has 22 heavy (non-hydrogen) atoms. The Morgan fingerprint density at radius 2 is 1.59 bits per heavy atom. The zero-order valence-electron chi connectivity index (χ0n) is 14.0. The van der Waals surface area contributed by atoms with Crippen molar-refractivity contribution in [2.75, 3.05) is 13.2 Å². The summed E-state index contributed by atoms with van der Waals surface area (Å²) in [5.74, 6) is -0.206. The van der Waals surface area contributed by atoms with Crippen LogP contribution in [-0.4, -0.2) is 36.4 Å². The van der Waals surface area contributed by atoms with E-state index in [0.29, 0.717) is 19.6 Å². The molecule has 1 unspecified atom stereocenters. The summed E-state index contributed by atoms with van der Waals surface area (Å²) in [6, 6.07) is -0.303. The summed E-state index contributed by atoms with van der Waals surface area (Å²) in [6.45, 7) is 3.26. The number of unbranched alkanes of at least 4 members (excludes halogenated alkanes) is 9. The smallest absolute Gasteiger partial charge is 0.323 e. The van der Waals surface area contributed by atoms with Crippen LogP contribution in [0.3, 0.4) is 0 Å². The third kappa shape index (κ3) is 10.4. The first-order valence-electron chi connectivity index (χ1n) is 8.82. The van der Waals surface area contributed by atoms with Crippen LogP contribution >= 0.6 is 12.4 Å². The molecule has 1 rings (SSSR count). The Hall–Kier alpha value is -0.320. The van der Waals surface area contributed by atoms with Gasteiger partial charge >= 0.3 is 5.97 Å². The molecule has 1 aliphatic heterocycles. The Bertz CT molecular complexity index is 277. The molecule has 4 nitrogen and oxygen atoms in total. The SMILES string of the molecule is CCCCCCCCCCCCOC(=O)[C@@H]1CC(O)CN1.Cl. The van der Waals surface area contributed by atoms with Gasteiger partial charge in [-0.3, -0.25) is 4.79 Å². The number of nitrogens with one attached hydrogen (secondary N) is 1. The predicted octanol–water partition coefficient (Wildman–Crippen LogP) is 3.60. The van der Waals surface area contributed by atoms with Crippen molar-refractivity contribution < 1.29 is 14.6 Å². The van der Waals surface area contributed by atoms with Crippen LogP contribution in [0.1, 0.15) is 77.6 Å². The van der Waals surface area contributed by atoms with Crippen LogP contribution < -0.4 is 5.32 Å². The van der Waals surface area contributed by atoms with Crippen LogP contribution in [0.25, 0.3) is 0 Å². The molecule has 1 saturated heterocycles. The van der Waals surface area contributed by atoms with Crippen molar-refractivity contribution >= 4 is 18.4 Å². The van der Waals surface area contributed by atoms with Crippen LogP contribution in [0.4, 0.5) is 0 Å². The number of aliphatic hydroxyl groups excluding tert-OH is 1. The van der Waals surface area contributed by atoms with Crippen molar-refractivity contribution in [2.45, 2.75) is 89.7 Å². The average molecular weight is 336 g/mol. The molecule has 1 aliphatic rings. The van der Waals surface area contributed by atoms with Gasteiger partial charge in [0.25, 0.3) is 0 Å². The lowest BCUT2D eigenvalue weighted by Gasteiger charge is -2.10. The predicted molar refractivity (Wildman–Crippen MR) is 92.5 cm³/mol. The standard InChI is InChI=1S/C17H33NO3.ClH/c1-2-3-4-5-6-7-8-9-10-11-12-21-17(20)16-13-15(19)14-18-16;/h15-16,18-19H,2-14H2,1H3;1H/t15?,16-;/m0./s1. The van der Waals surface area contributed by atoms with E-state index in [4.69, 9.17) is 4.74 Å². The van der Waals surface area contributed by atoms with Gasteiger partial charge in [0.15, 0.2) is 0 Å². The zero-order valence-corrected chi connectivity index (χ0v) is 14.8. The fourth-order valence-corrected chi connectivity index (χ4v) is 2.76. The highest BCUT2D eigenvalue weighted by Gasteiger charge is 2.28. The first kappa shape index (κ1) is 21.7. The highest BCUT2D eigenvalue weighted by atomic mass is 35.5. The first-order chi connectivity index (χ1) is 10.2. The largest absolute Gasteiger partial charge is 0.465 e. The molecule has 2 N–H and O–H groups in total. The van der Waals surface area contributed by atoms with Gasteiger partial charge in [0, 0.05) is 13.0 Å². The average Bonchev–Trinajstić information content (AvgIpc) is 2.91. The zero-order chi connectivity index (χ0) is 15.3. The number of hydrogen-bond donors (Lipinski definition) is 2. The molecule has 132 valence electrons. The van der Waals surface area contributed by atoms with Gasteiger partial charge in [-0.05, 0) is 6.42 Å². The highest BCUT2D eigenvalue weighted by molar-refractivity contribution is 5.85. The Kier molecular flexibility index (Phi) is 14.1. The summed E-state index contributed by atoms with van der Waals surface area (Å²) in [5, 5.41) is 12.3. The van der Waals surface area contributed by atoms with E-state index in [-0.39, 0.29) is 24.4 Å². The minimum atomic E-state index is -0.403. The van der Waals surface area contributed by atoms with Gasteiger partial charge in [0.05, 0.1) is 12.7 Å². The maximum Gasteiger partial charge on any atom is 0.323 e. The molecule has 0 radical (unpaired) electrons. The molecule has 0 amide bonds. The summed E-state index contributed by atoms with van der Waals surface area (Å²) in [5.41, 5.74) is 0. The number of rotatable bonds is 12. The second kappa shape index (κ2) is 14.3. The number of hydrogen-bond acceptors (Lipinski definition) is 4. The molecule has 0 aromatic carbocycles. The van der Waals surface area contributed by atoms with E-state index < -0.39 is 6.10 Å². The first-order valence-corrected chi connectivity index (χ1v) is 8.82. The van der Waals surface area contributed by atoms with Crippen molar-refractivity contribution in [2.24, 2.45) is 0 Å². The topological polar surface area (TPSA) is 58.6 Å². The third-order valence-electron chi connectivity index (χ3n) is 4.13. The number of halogens is 1. The molecule has 0 aromatic rings. The maximum absolute atomic E-state index is 11.7. The van der Waals surface area contributed by atoms with E-state index >= 15 is 0 Å². The van der Waals surface area contributed by atoms with Crippen molar-refractivity contribution in [1.82, 2.24) is 5.32 Å². The van der Waals surface area contributed by atoms with Gasteiger partial charge in [-0.15, -0.1) is 12.4 Å². The normalized spacial score (nSPS) is 20.6. The van der Waals surface area contributed by atoms with Crippen molar-refractivity contribution in [1.29, 1.82) is 0 Å². The van der Waals surface area contributed by atoms with E-state index in [2.05, 4.69) is 12.2 Å². The highest BCUT2D eigenvalue weighted by Crippen LogP contribution is 2.11. The number of carbonyl (C=O) groups excluding carboxylic acids is 1. The number of carbonyl (C=O) groups is 1. The van der Waals surface area contributed by atoms with Crippen LogP contribution in [0, 0.1) is 0 Å². The van der Waals surface area contributed by atoms with Crippen LogP contribution in [0.5, 0.6) is 0 Å². The molecule has 2 atom stereocenters. The number of β-amino-alcohol motifs (C(OH)–C–C–N with tert-alkyl or cyclic N) is 1. The van der Waals surface area contributed by atoms with Gasteiger partial charge in [-0.2, -0.15) is 0 Å². The van der Waals surface area contributed by atoms with E-state index in [1.165, 1.54) is 51.4 Å². The van der Waals surface area contributed by atoms with Gasteiger partial charge in [-0.25, -0.2) is 0 Å². The molecule has 1 fully saturated rings. The Balaban J connectivity index is 0.00000441. The lowest BCUT2D eigenvalue weighted by Crippen LogP contribution is -2.32. The van der Waals surface area contributed by atoms with Gasteiger partial charge in [0.2, 0.25) is 0 Å². The fourth-order valence-electron chi connectivity index (χ4n) is 2.76. The number of ether oxygens (including phenoxy) is 1. The Morgan fingerprint density at radius 3 is 2.09 bits per heavy atom. The summed E-state index contributed by atoms with van der Waals surface area (Å²) < 4.78 is 5.23. The van der Waals surface area contributed by atoms with Gasteiger partial charge in [0.1, 0.15) is 6.04 Å².